The minimum absolute atomic E-state index is 0.449. The van der Waals surface area contributed by atoms with Gasteiger partial charge in [-0.25, -0.2) is 0 Å². The average molecular weight is 266 g/mol. The molecule has 108 valence electrons. The van der Waals surface area contributed by atoms with Crippen molar-refractivity contribution >= 4 is 5.97 Å². The third-order valence-electron chi connectivity index (χ3n) is 5.43. The van der Waals surface area contributed by atoms with E-state index in [1.54, 1.807) is 0 Å². The highest BCUT2D eigenvalue weighted by molar-refractivity contribution is 5.79. The van der Waals surface area contributed by atoms with Gasteiger partial charge in [0.2, 0.25) is 0 Å². The molecule has 0 aromatic carbocycles. The minimum Gasteiger partial charge on any atom is -0.480 e. The first-order valence-corrected chi connectivity index (χ1v) is 7.84. The van der Waals surface area contributed by atoms with Crippen LogP contribution in [0, 0.1) is 0 Å². The van der Waals surface area contributed by atoms with Gasteiger partial charge in [-0.05, 0) is 52.0 Å². The number of nitrogens with zero attached hydrogens (tertiary/aromatic N) is 1. The molecular weight excluding hydrogens is 240 g/mol. The van der Waals surface area contributed by atoms with Gasteiger partial charge in [-0.2, -0.15) is 0 Å². The molecule has 3 rings (SSSR count). The van der Waals surface area contributed by atoms with Crippen LogP contribution in [0.25, 0.3) is 0 Å². The SMILES string of the molecule is CN(C1CCCC1)C1CCC(NC2CC2)(C(=O)O)C1. The first kappa shape index (κ1) is 13.4. The second-order valence-corrected chi connectivity index (χ2v) is 6.81. The van der Waals surface area contributed by atoms with Crippen molar-refractivity contribution in [1.82, 2.24) is 10.2 Å². The van der Waals surface area contributed by atoms with E-state index in [4.69, 9.17) is 0 Å². The second kappa shape index (κ2) is 5.06. The first-order valence-electron chi connectivity index (χ1n) is 7.84. The molecule has 3 aliphatic carbocycles. The topological polar surface area (TPSA) is 52.6 Å². The Morgan fingerprint density at radius 3 is 2.42 bits per heavy atom. The van der Waals surface area contributed by atoms with Crippen molar-refractivity contribution in [2.45, 2.75) is 81.5 Å². The molecule has 0 amide bonds. The molecule has 0 heterocycles. The van der Waals surface area contributed by atoms with Crippen LogP contribution in [0.5, 0.6) is 0 Å². The lowest BCUT2D eigenvalue weighted by molar-refractivity contribution is -0.145. The molecule has 2 N–H and O–H groups in total. The highest BCUT2D eigenvalue weighted by atomic mass is 16.4. The Balaban J connectivity index is 1.64. The van der Waals surface area contributed by atoms with Crippen molar-refractivity contribution < 1.29 is 9.90 Å². The van der Waals surface area contributed by atoms with Crippen molar-refractivity contribution in [3.05, 3.63) is 0 Å². The molecule has 4 heteroatoms. The zero-order chi connectivity index (χ0) is 13.5. The van der Waals surface area contributed by atoms with Crippen molar-refractivity contribution in [2.24, 2.45) is 0 Å². The van der Waals surface area contributed by atoms with Gasteiger partial charge >= 0.3 is 5.97 Å². The molecule has 0 bridgehead atoms. The second-order valence-electron chi connectivity index (χ2n) is 6.81. The summed E-state index contributed by atoms with van der Waals surface area (Å²) in [5, 5.41) is 13.0. The Morgan fingerprint density at radius 2 is 1.84 bits per heavy atom. The van der Waals surface area contributed by atoms with Crippen molar-refractivity contribution in [1.29, 1.82) is 0 Å². The molecule has 0 saturated heterocycles. The monoisotopic (exact) mass is 266 g/mol. The van der Waals surface area contributed by atoms with E-state index in [-0.39, 0.29) is 0 Å². The van der Waals surface area contributed by atoms with E-state index in [2.05, 4.69) is 17.3 Å². The molecule has 0 radical (unpaired) electrons. The van der Waals surface area contributed by atoms with Gasteiger partial charge in [0.25, 0.3) is 0 Å². The molecule has 2 unspecified atom stereocenters. The van der Waals surface area contributed by atoms with E-state index in [0.717, 1.165) is 32.1 Å². The summed E-state index contributed by atoms with van der Waals surface area (Å²) in [4.78, 5) is 14.2. The van der Waals surface area contributed by atoms with E-state index < -0.39 is 11.5 Å². The Hall–Kier alpha value is -0.610. The maximum absolute atomic E-state index is 11.7. The molecule has 0 aliphatic heterocycles. The normalized spacial score (nSPS) is 36.2. The number of carboxylic acid groups (broad SMARTS) is 1. The molecule has 3 aliphatic rings. The molecule has 19 heavy (non-hydrogen) atoms. The zero-order valence-electron chi connectivity index (χ0n) is 11.9. The standard InChI is InChI=1S/C15H26N2O2/c1-17(12-4-2-3-5-12)13-8-9-15(10-13,14(18)19)16-11-6-7-11/h11-13,16H,2-10H2,1H3,(H,18,19). The number of hydrogen-bond acceptors (Lipinski definition) is 3. The Kier molecular flexibility index (Phi) is 3.56. The average Bonchev–Trinajstić information content (AvgIpc) is 2.90. The van der Waals surface area contributed by atoms with Crippen LogP contribution < -0.4 is 5.32 Å². The Labute approximate surface area is 115 Å². The molecule has 3 saturated carbocycles. The van der Waals surface area contributed by atoms with Crippen LogP contribution in [0.2, 0.25) is 0 Å². The number of carboxylic acids is 1. The van der Waals surface area contributed by atoms with Gasteiger partial charge in [-0.3, -0.25) is 10.1 Å². The van der Waals surface area contributed by atoms with Crippen LogP contribution in [-0.2, 0) is 4.79 Å². The van der Waals surface area contributed by atoms with Gasteiger partial charge in [-0.1, -0.05) is 12.8 Å². The lowest BCUT2D eigenvalue weighted by atomic mass is 9.96. The van der Waals surface area contributed by atoms with E-state index in [1.807, 2.05) is 0 Å². The number of carbonyl (C=O) groups is 1. The summed E-state index contributed by atoms with van der Waals surface area (Å²) in [6.07, 6.45) is 10.2. The van der Waals surface area contributed by atoms with E-state index >= 15 is 0 Å². The van der Waals surface area contributed by atoms with Crippen LogP contribution in [0.15, 0.2) is 0 Å². The van der Waals surface area contributed by atoms with Crippen LogP contribution in [0.3, 0.4) is 0 Å². The molecule has 2 atom stereocenters. The van der Waals surface area contributed by atoms with Gasteiger partial charge in [0.1, 0.15) is 5.54 Å². The lowest BCUT2D eigenvalue weighted by Gasteiger charge is -2.32. The lowest BCUT2D eigenvalue weighted by Crippen LogP contribution is -2.52. The van der Waals surface area contributed by atoms with E-state index in [1.165, 1.54) is 25.7 Å². The van der Waals surface area contributed by atoms with Gasteiger partial charge in [-0.15, -0.1) is 0 Å². The maximum Gasteiger partial charge on any atom is 0.323 e. The molecule has 0 aromatic heterocycles. The molecule has 3 fully saturated rings. The molecule has 0 spiro atoms. The predicted molar refractivity (Wildman–Crippen MR) is 74.2 cm³/mol. The minimum atomic E-state index is -0.640. The summed E-state index contributed by atoms with van der Waals surface area (Å²) in [5.74, 6) is -0.637. The Bertz CT molecular complexity index is 350. The highest BCUT2D eigenvalue weighted by Crippen LogP contribution is 2.38. The summed E-state index contributed by atoms with van der Waals surface area (Å²) < 4.78 is 0. The van der Waals surface area contributed by atoms with Crippen molar-refractivity contribution in [2.75, 3.05) is 7.05 Å². The van der Waals surface area contributed by atoms with Crippen LogP contribution >= 0.6 is 0 Å². The summed E-state index contributed by atoms with van der Waals surface area (Å²) in [7, 11) is 2.20. The van der Waals surface area contributed by atoms with Gasteiger partial charge in [0, 0.05) is 18.1 Å². The Morgan fingerprint density at radius 1 is 1.16 bits per heavy atom. The van der Waals surface area contributed by atoms with E-state index in [0.29, 0.717) is 18.1 Å². The summed E-state index contributed by atoms with van der Waals surface area (Å²) >= 11 is 0. The number of rotatable bonds is 5. The maximum atomic E-state index is 11.7. The predicted octanol–water partition coefficient (Wildman–Crippen LogP) is 1.99. The largest absolute Gasteiger partial charge is 0.480 e. The molecule has 0 aromatic rings. The first-order chi connectivity index (χ1) is 9.11. The fraction of sp³-hybridized carbons (Fsp3) is 0.933. The summed E-state index contributed by atoms with van der Waals surface area (Å²) in [6.45, 7) is 0. The van der Waals surface area contributed by atoms with Gasteiger partial charge < -0.3 is 10.0 Å². The number of hydrogen-bond donors (Lipinski definition) is 2. The van der Waals surface area contributed by atoms with Crippen molar-refractivity contribution in [3.63, 3.8) is 0 Å². The van der Waals surface area contributed by atoms with E-state index in [9.17, 15) is 9.90 Å². The van der Waals surface area contributed by atoms with Crippen LogP contribution in [0.1, 0.15) is 57.8 Å². The molecule has 4 nitrogen and oxygen atoms in total. The third-order valence-corrected chi connectivity index (χ3v) is 5.43. The number of nitrogens with one attached hydrogen (secondary N) is 1. The smallest absolute Gasteiger partial charge is 0.323 e. The fourth-order valence-electron chi connectivity index (χ4n) is 3.98. The van der Waals surface area contributed by atoms with Crippen molar-refractivity contribution in [3.8, 4) is 0 Å². The fourth-order valence-corrected chi connectivity index (χ4v) is 3.98. The zero-order valence-corrected chi connectivity index (χ0v) is 11.9. The van der Waals surface area contributed by atoms with Gasteiger partial charge in [0.05, 0.1) is 0 Å². The highest BCUT2D eigenvalue weighted by Gasteiger charge is 2.49. The summed E-state index contributed by atoms with van der Waals surface area (Å²) in [6, 6.07) is 1.60. The summed E-state index contributed by atoms with van der Waals surface area (Å²) in [5.41, 5.74) is -0.640. The van der Waals surface area contributed by atoms with Crippen LogP contribution in [0.4, 0.5) is 0 Å². The third kappa shape index (κ3) is 2.65. The molecular formula is C15H26N2O2. The van der Waals surface area contributed by atoms with Crippen LogP contribution in [-0.4, -0.2) is 46.7 Å². The quantitative estimate of drug-likeness (QED) is 0.799. The van der Waals surface area contributed by atoms with Gasteiger partial charge in [0.15, 0.2) is 0 Å². The number of aliphatic carboxylic acids is 1.